The zero-order chi connectivity index (χ0) is 10.9. The minimum absolute atomic E-state index is 0.175. The molecule has 2 rings (SSSR count). The maximum absolute atomic E-state index is 9.40. The second kappa shape index (κ2) is 3.65. The van der Waals surface area contributed by atoms with Gasteiger partial charge in [0.2, 0.25) is 0 Å². The predicted molar refractivity (Wildman–Crippen MR) is 57.1 cm³/mol. The van der Waals surface area contributed by atoms with Crippen LogP contribution in [0.4, 0.5) is 0 Å². The summed E-state index contributed by atoms with van der Waals surface area (Å²) in [6.07, 6.45) is 1.07. The molecule has 0 spiro atoms. The van der Waals surface area contributed by atoms with Gasteiger partial charge in [-0.2, -0.15) is 5.26 Å². The van der Waals surface area contributed by atoms with E-state index in [1.54, 1.807) is 6.07 Å². The van der Waals surface area contributed by atoms with E-state index in [9.17, 15) is 5.11 Å². The van der Waals surface area contributed by atoms with Gasteiger partial charge in [0.15, 0.2) is 0 Å². The first-order chi connectivity index (χ1) is 7.22. The van der Waals surface area contributed by atoms with Crippen molar-refractivity contribution < 1.29 is 5.11 Å². The first kappa shape index (κ1) is 10.2. The highest BCUT2D eigenvalue weighted by Gasteiger charge is 2.44. The highest BCUT2D eigenvalue weighted by molar-refractivity contribution is 5.44. The van der Waals surface area contributed by atoms with Gasteiger partial charge in [-0.1, -0.05) is 18.2 Å². The molecular formula is C12H14N2O. The Hall–Kier alpha value is -1.37. The Balaban J connectivity index is 2.40. The van der Waals surface area contributed by atoms with Crippen LogP contribution in [-0.2, 0) is 5.41 Å². The summed E-state index contributed by atoms with van der Waals surface area (Å²) in [4.78, 5) is 0. The molecule has 1 aromatic rings. The smallest absolute Gasteiger partial charge is 0.0994 e. The van der Waals surface area contributed by atoms with Crippen LogP contribution in [0.5, 0.6) is 0 Å². The van der Waals surface area contributed by atoms with Crippen molar-refractivity contribution in [1.29, 1.82) is 5.26 Å². The Morgan fingerprint density at radius 2 is 2.13 bits per heavy atom. The average molecular weight is 202 g/mol. The Morgan fingerprint density at radius 3 is 2.67 bits per heavy atom. The molecule has 1 aliphatic carbocycles. The number of aliphatic hydroxyl groups excluding tert-OH is 1. The second-order valence-electron chi connectivity index (χ2n) is 4.20. The normalized spacial score (nSPS) is 29.3. The quantitative estimate of drug-likeness (QED) is 0.748. The minimum atomic E-state index is -0.264. The summed E-state index contributed by atoms with van der Waals surface area (Å²) < 4.78 is 0. The standard InChI is InChI=1S/C12H14N2O/c13-7-9-3-1-2-4-11(9)12(8-14)5-10(15)6-12/h1-4,10,15H,5-6,8,14H2. The van der Waals surface area contributed by atoms with Crippen LogP contribution in [0.2, 0.25) is 0 Å². The molecule has 78 valence electrons. The molecule has 0 radical (unpaired) electrons. The minimum Gasteiger partial charge on any atom is -0.393 e. The van der Waals surface area contributed by atoms with Gasteiger partial charge in [-0.15, -0.1) is 0 Å². The van der Waals surface area contributed by atoms with Crippen LogP contribution in [0.25, 0.3) is 0 Å². The highest BCUT2D eigenvalue weighted by Crippen LogP contribution is 2.44. The number of hydrogen-bond donors (Lipinski definition) is 2. The number of rotatable bonds is 2. The molecule has 1 saturated carbocycles. The number of nitriles is 1. The SMILES string of the molecule is N#Cc1ccccc1C1(CN)CC(O)C1. The van der Waals surface area contributed by atoms with E-state index in [1.807, 2.05) is 18.2 Å². The average Bonchev–Trinajstić information content (AvgIpc) is 2.24. The third kappa shape index (κ3) is 1.52. The zero-order valence-electron chi connectivity index (χ0n) is 8.48. The molecule has 15 heavy (non-hydrogen) atoms. The second-order valence-corrected chi connectivity index (χ2v) is 4.20. The van der Waals surface area contributed by atoms with Crippen molar-refractivity contribution in [3.8, 4) is 6.07 Å². The van der Waals surface area contributed by atoms with Crippen LogP contribution in [0.15, 0.2) is 24.3 Å². The Bertz CT molecular complexity index is 402. The molecular weight excluding hydrogens is 188 g/mol. The van der Waals surface area contributed by atoms with Gasteiger partial charge in [0.1, 0.15) is 0 Å². The van der Waals surface area contributed by atoms with Crippen LogP contribution in [0.3, 0.4) is 0 Å². The van der Waals surface area contributed by atoms with Crippen LogP contribution >= 0.6 is 0 Å². The summed E-state index contributed by atoms with van der Waals surface area (Å²) in [6.45, 7) is 0.489. The largest absolute Gasteiger partial charge is 0.393 e. The van der Waals surface area contributed by atoms with Gasteiger partial charge in [-0.05, 0) is 24.5 Å². The van der Waals surface area contributed by atoms with Crippen LogP contribution < -0.4 is 5.73 Å². The molecule has 0 amide bonds. The van der Waals surface area contributed by atoms with Crippen molar-refractivity contribution in [3.63, 3.8) is 0 Å². The summed E-state index contributed by atoms with van der Waals surface area (Å²) in [5.41, 5.74) is 7.25. The maximum atomic E-state index is 9.40. The fraction of sp³-hybridized carbons (Fsp3) is 0.417. The molecule has 1 fully saturated rings. The number of nitrogens with two attached hydrogens (primary N) is 1. The monoisotopic (exact) mass is 202 g/mol. The first-order valence-electron chi connectivity index (χ1n) is 5.09. The molecule has 1 aliphatic rings. The molecule has 0 heterocycles. The van der Waals surface area contributed by atoms with Gasteiger partial charge in [0.25, 0.3) is 0 Å². The van der Waals surface area contributed by atoms with E-state index in [-0.39, 0.29) is 11.5 Å². The van der Waals surface area contributed by atoms with Crippen LogP contribution in [0, 0.1) is 11.3 Å². The van der Waals surface area contributed by atoms with Crippen molar-refractivity contribution >= 4 is 0 Å². The molecule has 0 unspecified atom stereocenters. The maximum Gasteiger partial charge on any atom is 0.0994 e. The van der Waals surface area contributed by atoms with Gasteiger partial charge >= 0.3 is 0 Å². The molecule has 3 N–H and O–H groups in total. The molecule has 0 aromatic heterocycles. The summed E-state index contributed by atoms with van der Waals surface area (Å²) >= 11 is 0. The fourth-order valence-electron chi connectivity index (χ4n) is 2.38. The lowest BCUT2D eigenvalue weighted by Gasteiger charge is -2.45. The van der Waals surface area contributed by atoms with Crippen molar-refractivity contribution in [2.75, 3.05) is 6.54 Å². The van der Waals surface area contributed by atoms with Gasteiger partial charge < -0.3 is 10.8 Å². The lowest BCUT2D eigenvalue weighted by atomic mass is 9.62. The Kier molecular flexibility index (Phi) is 2.47. The predicted octanol–water partition coefficient (Wildman–Crippen LogP) is 0.909. The number of benzene rings is 1. The van der Waals surface area contributed by atoms with Crippen molar-refractivity contribution in [1.82, 2.24) is 0 Å². The van der Waals surface area contributed by atoms with Crippen molar-refractivity contribution in [3.05, 3.63) is 35.4 Å². The van der Waals surface area contributed by atoms with Crippen LogP contribution in [0.1, 0.15) is 24.0 Å². The summed E-state index contributed by atoms with van der Waals surface area (Å²) in [5.74, 6) is 0. The fourth-order valence-corrected chi connectivity index (χ4v) is 2.38. The zero-order valence-corrected chi connectivity index (χ0v) is 8.48. The highest BCUT2D eigenvalue weighted by atomic mass is 16.3. The molecule has 1 aromatic carbocycles. The topological polar surface area (TPSA) is 70.0 Å². The summed E-state index contributed by atoms with van der Waals surface area (Å²) in [7, 11) is 0. The summed E-state index contributed by atoms with van der Waals surface area (Å²) in [6, 6.07) is 9.69. The lowest BCUT2D eigenvalue weighted by Crippen LogP contribution is -2.50. The van der Waals surface area contributed by atoms with Gasteiger partial charge in [-0.25, -0.2) is 0 Å². The van der Waals surface area contributed by atoms with Gasteiger partial charge in [0.05, 0.1) is 17.7 Å². The van der Waals surface area contributed by atoms with Crippen LogP contribution in [-0.4, -0.2) is 17.8 Å². The van der Waals surface area contributed by atoms with Crippen molar-refractivity contribution in [2.24, 2.45) is 5.73 Å². The van der Waals surface area contributed by atoms with Gasteiger partial charge in [0, 0.05) is 12.0 Å². The number of aliphatic hydroxyl groups is 1. The molecule has 0 bridgehead atoms. The summed E-state index contributed by atoms with van der Waals surface area (Å²) in [5, 5.41) is 18.4. The Morgan fingerprint density at radius 1 is 1.47 bits per heavy atom. The van der Waals surface area contributed by atoms with E-state index in [2.05, 4.69) is 6.07 Å². The van der Waals surface area contributed by atoms with Gasteiger partial charge in [-0.3, -0.25) is 0 Å². The van der Waals surface area contributed by atoms with E-state index in [1.165, 1.54) is 0 Å². The third-order valence-electron chi connectivity index (χ3n) is 3.26. The van der Waals surface area contributed by atoms with E-state index < -0.39 is 0 Å². The van der Waals surface area contributed by atoms with E-state index in [4.69, 9.17) is 11.0 Å². The van der Waals surface area contributed by atoms with E-state index >= 15 is 0 Å². The molecule has 0 atom stereocenters. The molecule has 0 saturated heterocycles. The molecule has 3 nitrogen and oxygen atoms in total. The van der Waals surface area contributed by atoms with E-state index in [0.717, 1.165) is 5.56 Å². The number of hydrogen-bond acceptors (Lipinski definition) is 3. The third-order valence-corrected chi connectivity index (χ3v) is 3.26. The Labute approximate surface area is 89.1 Å². The lowest BCUT2D eigenvalue weighted by molar-refractivity contribution is 0.0220. The molecule has 3 heteroatoms. The molecule has 0 aliphatic heterocycles. The number of nitrogens with zero attached hydrogens (tertiary/aromatic N) is 1. The first-order valence-corrected chi connectivity index (χ1v) is 5.09. The van der Waals surface area contributed by atoms with E-state index in [0.29, 0.717) is 24.9 Å². The van der Waals surface area contributed by atoms with Crippen molar-refractivity contribution in [2.45, 2.75) is 24.4 Å².